The fourth-order valence-electron chi connectivity index (χ4n) is 10.0. The number of carbonyl (C=O) groups excluding carboxylic acids is 4. The summed E-state index contributed by atoms with van der Waals surface area (Å²) in [6, 6.07) is 6.74. The molecular weight excluding hydrogens is 747 g/mol. The van der Waals surface area contributed by atoms with Crippen LogP contribution < -0.4 is 14.2 Å². The molecule has 2 aromatic rings. The van der Waals surface area contributed by atoms with Crippen molar-refractivity contribution in [3.8, 4) is 11.6 Å². The molecule has 4 saturated carbocycles. The minimum Gasteiger partial charge on any atom is -0.497 e. The first kappa shape index (κ1) is 39.6. The van der Waals surface area contributed by atoms with Gasteiger partial charge < -0.3 is 19.1 Å². The van der Waals surface area contributed by atoms with Crippen molar-refractivity contribution in [3.05, 3.63) is 48.6 Å². The third-order valence-corrected chi connectivity index (χ3v) is 15.4. The Kier molecular flexibility index (Phi) is 11.2. The summed E-state index contributed by atoms with van der Waals surface area (Å²) < 4.78 is 46.3. The fourth-order valence-corrected chi connectivity index (χ4v) is 11.4. The van der Waals surface area contributed by atoms with Crippen LogP contribution in [-0.2, 0) is 33.9 Å². The van der Waals surface area contributed by atoms with Gasteiger partial charge in [-0.1, -0.05) is 31.1 Å². The second-order valence-corrected chi connectivity index (χ2v) is 19.3. The number of nitrogens with one attached hydrogen (secondary N) is 1. The Labute approximate surface area is 335 Å². The highest BCUT2D eigenvalue weighted by Gasteiger charge is 2.61. The van der Waals surface area contributed by atoms with Crippen molar-refractivity contribution in [3.63, 3.8) is 0 Å². The van der Waals surface area contributed by atoms with E-state index in [-0.39, 0.29) is 73.7 Å². The zero-order valence-electron chi connectivity index (χ0n) is 32.9. The molecule has 2 aliphatic heterocycles. The van der Waals surface area contributed by atoms with Crippen molar-refractivity contribution in [2.75, 3.05) is 13.7 Å². The highest BCUT2D eigenvalue weighted by Crippen LogP contribution is 2.57. The summed E-state index contributed by atoms with van der Waals surface area (Å²) in [5.74, 6) is -1.48. The van der Waals surface area contributed by atoms with Crippen molar-refractivity contribution in [1.82, 2.24) is 14.6 Å². The molecule has 306 valence electrons. The van der Waals surface area contributed by atoms with Gasteiger partial charge in [-0.15, -0.1) is 6.58 Å². The SMILES string of the molecule is C=C[C@@H]1C[C@]1(CC(=O)[C@@H]1C[C@@H]2CN1C(=O)[C@H](C1CCCC1)CC(=O)O[C@H]1CCC[C@@H]1CCC/C=C/c1cc3ccc(OC)cc3nc1O2)C(=O)NS(=O)(=O)C1CC1. The number of fused-ring (bicyclic) bond motifs is 5. The number of pyridine rings is 1. The van der Waals surface area contributed by atoms with Crippen LogP contribution in [0.2, 0.25) is 0 Å². The lowest BCUT2D eigenvalue weighted by atomic mass is 9.86. The number of nitrogens with zero attached hydrogens (tertiary/aromatic N) is 2. The van der Waals surface area contributed by atoms with Gasteiger partial charge in [0.1, 0.15) is 18.0 Å². The van der Waals surface area contributed by atoms with Gasteiger partial charge in [-0.05, 0) is 107 Å². The Morgan fingerprint density at radius 1 is 1.02 bits per heavy atom. The monoisotopic (exact) mass is 801 g/mol. The molecule has 1 N–H and O–H groups in total. The summed E-state index contributed by atoms with van der Waals surface area (Å²) in [4.78, 5) is 63.5. The molecule has 57 heavy (non-hydrogen) atoms. The standard InChI is InChI=1S/C44H55N3O9S/c1-3-31-24-44(31,43(51)46-57(52,53)34-18-19-34)25-38(48)37-22-33-26-47(37)42(50)35(27-10-7-8-11-27)23-40(49)56-39-15-9-14-28(39)12-5-4-6-13-30-20-29-16-17-32(54-2)21-36(29)45-41(30)55-33/h3,6,13,16-17,20-21,27-28,31,33-35,37,39H,1,4-5,7-12,14-15,18-19,22-26H2,2H3,(H,46,51)/b13-6+/t28-,31+,33+,35-,37-,39-,44+/m0/s1. The van der Waals surface area contributed by atoms with E-state index in [2.05, 4.69) is 17.4 Å². The number of ether oxygens (including phenoxy) is 3. The highest BCUT2D eigenvalue weighted by molar-refractivity contribution is 7.90. The normalized spacial score (nSPS) is 31.6. The van der Waals surface area contributed by atoms with E-state index >= 15 is 0 Å². The predicted molar refractivity (Wildman–Crippen MR) is 213 cm³/mol. The van der Waals surface area contributed by atoms with Gasteiger partial charge in [-0.3, -0.25) is 23.9 Å². The summed E-state index contributed by atoms with van der Waals surface area (Å²) in [5, 5.41) is 0.308. The van der Waals surface area contributed by atoms with E-state index in [9.17, 15) is 27.6 Å². The first-order valence-corrected chi connectivity index (χ1v) is 22.6. The van der Waals surface area contributed by atoms with Crippen molar-refractivity contribution in [1.29, 1.82) is 0 Å². The number of hydrogen-bond donors (Lipinski definition) is 1. The summed E-state index contributed by atoms with van der Waals surface area (Å²) >= 11 is 0. The molecule has 1 aromatic heterocycles. The van der Waals surface area contributed by atoms with Crippen LogP contribution in [-0.4, -0.2) is 79.0 Å². The number of esters is 1. The molecule has 1 saturated heterocycles. The van der Waals surface area contributed by atoms with Gasteiger partial charge in [0.05, 0.1) is 48.2 Å². The number of allylic oxidation sites excluding steroid dienone is 2. The maximum Gasteiger partial charge on any atom is 0.306 e. The predicted octanol–water partition coefficient (Wildman–Crippen LogP) is 6.46. The van der Waals surface area contributed by atoms with Crippen molar-refractivity contribution < 1.29 is 41.8 Å². The lowest BCUT2D eigenvalue weighted by molar-refractivity contribution is -0.156. The molecular formula is C44H55N3O9S. The Morgan fingerprint density at radius 2 is 1.79 bits per heavy atom. The van der Waals surface area contributed by atoms with E-state index in [4.69, 9.17) is 19.2 Å². The van der Waals surface area contributed by atoms with Crippen molar-refractivity contribution >= 4 is 50.6 Å². The smallest absolute Gasteiger partial charge is 0.306 e. The first-order chi connectivity index (χ1) is 27.5. The van der Waals surface area contributed by atoms with E-state index in [1.807, 2.05) is 30.3 Å². The van der Waals surface area contributed by atoms with E-state index in [1.54, 1.807) is 18.1 Å². The number of amides is 2. The number of ketones is 1. The van der Waals surface area contributed by atoms with Crippen LogP contribution >= 0.6 is 0 Å². The van der Waals surface area contributed by atoms with Crippen LogP contribution in [0.25, 0.3) is 17.0 Å². The third kappa shape index (κ3) is 8.36. The van der Waals surface area contributed by atoms with Crippen LogP contribution in [0.15, 0.2) is 43.0 Å². The minimum absolute atomic E-state index is 0.0297. The maximum absolute atomic E-state index is 15.0. The molecule has 2 bridgehead atoms. The number of Topliss-reactive ketones (excluding diaryl/α,β-unsaturated/α-hetero) is 1. The molecule has 7 atom stereocenters. The van der Waals surface area contributed by atoms with Crippen LogP contribution in [0.1, 0.15) is 108 Å². The lowest BCUT2D eigenvalue weighted by Gasteiger charge is -2.31. The molecule has 0 unspecified atom stereocenters. The minimum atomic E-state index is -3.85. The third-order valence-electron chi connectivity index (χ3n) is 13.6. The van der Waals surface area contributed by atoms with Gasteiger partial charge in [0.2, 0.25) is 27.7 Å². The molecule has 0 radical (unpaired) electrons. The summed E-state index contributed by atoms with van der Waals surface area (Å²) in [7, 11) is -2.25. The zero-order chi connectivity index (χ0) is 39.9. The van der Waals surface area contributed by atoms with Gasteiger partial charge in [-0.25, -0.2) is 13.4 Å². The van der Waals surface area contributed by atoms with Gasteiger partial charge >= 0.3 is 5.97 Å². The first-order valence-electron chi connectivity index (χ1n) is 21.0. The van der Waals surface area contributed by atoms with Crippen LogP contribution in [0.3, 0.4) is 0 Å². The average molecular weight is 802 g/mol. The number of methoxy groups -OCH3 is 1. The second kappa shape index (κ2) is 16.2. The van der Waals surface area contributed by atoms with Crippen LogP contribution in [0.5, 0.6) is 11.6 Å². The maximum atomic E-state index is 15.0. The van der Waals surface area contributed by atoms with Gasteiger partial charge in [0.15, 0.2) is 5.78 Å². The van der Waals surface area contributed by atoms with E-state index in [0.717, 1.165) is 75.2 Å². The highest BCUT2D eigenvalue weighted by atomic mass is 32.2. The van der Waals surface area contributed by atoms with Gasteiger partial charge in [-0.2, -0.15) is 0 Å². The summed E-state index contributed by atoms with van der Waals surface area (Å²) in [5.41, 5.74) is 0.175. The Balaban J connectivity index is 1.14. The Morgan fingerprint density at radius 3 is 2.53 bits per heavy atom. The topological polar surface area (TPSA) is 158 Å². The van der Waals surface area contributed by atoms with Gasteiger partial charge in [0.25, 0.3) is 0 Å². The number of aromatic nitrogens is 1. The van der Waals surface area contributed by atoms with E-state index in [0.29, 0.717) is 30.0 Å². The summed E-state index contributed by atoms with van der Waals surface area (Å²) in [6.07, 6.45) is 15.1. The molecule has 12 nitrogen and oxygen atoms in total. The Hall–Kier alpha value is -4.26. The van der Waals surface area contributed by atoms with Gasteiger partial charge in [0, 0.05) is 29.9 Å². The molecule has 3 heterocycles. The van der Waals surface area contributed by atoms with Crippen LogP contribution in [0.4, 0.5) is 0 Å². The molecule has 5 fully saturated rings. The molecule has 1 aromatic carbocycles. The zero-order valence-corrected chi connectivity index (χ0v) is 33.7. The second-order valence-electron chi connectivity index (χ2n) is 17.4. The number of sulfonamides is 1. The number of hydrogen-bond acceptors (Lipinski definition) is 10. The molecule has 0 spiro atoms. The lowest BCUT2D eigenvalue weighted by Crippen LogP contribution is -2.47. The largest absolute Gasteiger partial charge is 0.497 e. The molecule has 2 amide bonds. The average Bonchev–Trinajstić information content (AvgIpc) is 3.98. The number of benzene rings is 1. The van der Waals surface area contributed by atoms with Crippen molar-refractivity contribution in [2.45, 2.75) is 126 Å². The summed E-state index contributed by atoms with van der Waals surface area (Å²) in [6.45, 7) is 3.95. The molecule has 8 rings (SSSR count). The van der Waals surface area contributed by atoms with Crippen LogP contribution in [0, 0.1) is 29.1 Å². The molecule has 6 aliphatic rings. The molecule has 13 heteroatoms. The quantitative estimate of drug-likeness (QED) is 0.221. The molecule has 4 aliphatic carbocycles. The van der Waals surface area contributed by atoms with E-state index in [1.165, 1.54) is 0 Å². The number of rotatable bonds is 9. The number of carbonyl (C=O) groups is 4. The fraction of sp³-hybridized carbons (Fsp3) is 0.614. The van der Waals surface area contributed by atoms with E-state index < -0.39 is 44.7 Å². The Bertz CT molecular complexity index is 2060. The van der Waals surface area contributed by atoms with Crippen molar-refractivity contribution in [2.24, 2.45) is 29.1 Å².